The summed E-state index contributed by atoms with van der Waals surface area (Å²) < 4.78 is 25.6. The second kappa shape index (κ2) is 6.72. The highest BCUT2D eigenvalue weighted by Crippen LogP contribution is 2.30. The molecule has 0 radical (unpaired) electrons. The Labute approximate surface area is 156 Å². The number of rotatable bonds is 3. The van der Waals surface area contributed by atoms with Crippen LogP contribution in [0.3, 0.4) is 0 Å². The Morgan fingerprint density at radius 3 is 2.46 bits per heavy atom. The highest BCUT2D eigenvalue weighted by atomic mass is 79.9. The molecule has 0 spiro atoms. The zero-order valence-corrected chi connectivity index (χ0v) is 14.9. The van der Waals surface area contributed by atoms with Gasteiger partial charge in [0.2, 0.25) is 5.90 Å². The normalized spacial score (nSPS) is 15.2. The lowest BCUT2D eigenvalue weighted by Gasteiger charge is -1.99. The molecule has 4 nitrogen and oxygen atoms in total. The third kappa shape index (κ3) is 3.11. The van der Waals surface area contributed by atoms with Crippen molar-refractivity contribution in [3.05, 3.63) is 88.0 Å². The summed E-state index contributed by atoms with van der Waals surface area (Å²) in [5.74, 6) is -0.122. The third-order valence-electron chi connectivity index (χ3n) is 3.77. The van der Waals surface area contributed by atoms with Crippen molar-refractivity contribution in [3.8, 4) is 11.3 Å². The van der Waals surface area contributed by atoms with E-state index in [1.165, 1.54) is 18.2 Å². The lowest BCUT2D eigenvalue weighted by Crippen LogP contribution is -2.07. The molecule has 0 amide bonds. The van der Waals surface area contributed by atoms with Crippen LogP contribution in [0.2, 0.25) is 0 Å². The summed E-state index contributed by atoms with van der Waals surface area (Å²) in [6, 6.07) is 17.2. The molecule has 6 heteroatoms. The van der Waals surface area contributed by atoms with Crippen LogP contribution in [-0.2, 0) is 9.53 Å². The lowest BCUT2D eigenvalue weighted by molar-refractivity contribution is -0.129. The molecule has 0 bridgehead atoms. The number of hydrogen-bond acceptors (Lipinski definition) is 4. The number of nitrogens with zero attached hydrogens (tertiary/aromatic N) is 1. The maximum absolute atomic E-state index is 13.8. The monoisotopic (exact) mass is 411 g/mol. The first kappa shape index (κ1) is 16.5. The Kier molecular flexibility index (Phi) is 4.26. The van der Waals surface area contributed by atoms with Gasteiger partial charge in [-0.3, -0.25) is 0 Å². The molecular formula is C20H11BrFNO3. The average Bonchev–Trinajstić information content (AvgIpc) is 3.23. The number of cyclic esters (lactones) is 1. The second-order valence-electron chi connectivity index (χ2n) is 5.50. The van der Waals surface area contributed by atoms with Gasteiger partial charge in [0.05, 0.1) is 5.56 Å². The van der Waals surface area contributed by atoms with E-state index in [0.717, 1.165) is 10.0 Å². The summed E-state index contributed by atoms with van der Waals surface area (Å²) in [6.45, 7) is 0. The molecule has 3 aromatic rings. The molecule has 0 unspecified atom stereocenters. The number of aliphatic imine (C=N–C) groups is 1. The predicted octanol–water partition coefficient (Wildman–Crippen LogP) is 5.19. The SMILES string of the molecule is O=C1OC(c2ccccc2F)=N/C1=C\c1ccc(-c2ccccc2Br)o1. The van der Waals surface area contributed by atoms with Gasteiger partial charge in [-0.15, -0.1) is 0 Å². The lowest BCUT2D eigenvalue weighted by atomic mass is 10.2. The number of ether oxygens (including phenoxy) is 1. The van der Waals surface area contributed by atoms with Crippen LogP contribution in [0.15, 0.2) is 80.2 Å². The maximum atomic E-state index is 13.8. The number of carbonyl (C=O) groups is 1. The number of furan rings is 1. The first-order chi connectivity index (χ1) is 12.6. The summed E-state index contributed by atoms with van der Waals surface area (Å²) in [5.41, 5.74) is 1.08. The van der Waals surface area contributed by atoms with Crippen LogP contribution in [0.25, 0.3) is 17.4 Å². The highest BCUT2D eigenvalue weighted by Gasteiger charge is 2.26. The van der Waals surface area contributed by atoms with Crippen molar-refractivity contribution in [1.82, 2.24) is 0 Å². The maximum Gasteiger partial charge on any atom is 0.363 e. The second-order valence-corrected chi connectivity index (χ2v) is 6.35. The predicted molar refractivity (Wildman–Crippen MR) is 98.9 cm³/mol. The van der Waals surface area contributed by atoms with Gasteiger partial charge in [0.1, 0.15) is 17.3 Å². The summed E-state index contributed by atoms with van der Waals surface area (Å²) in [4.78, 5) is 16.1. The fourth-order valence-electron chi connectivity index (χ4n) is 2.53. The third-order valence-corrected chi connectivity index (χ3v) is 4.46. The van der Waals surface area contributed by atoms with Gasteiger partial charge in [-0.25, -0.2) is 14.2 Å². The topological polar surface area (TPSA) is 51.8 Å². The van der Waals surface area contributed by atoms with Gasteiger partial charge in [-0.05, 0) is 30.3 Å². The van der Waals surface area contributed by atoms with Crippen LogP contribution < -0.4 is 0 Å². The minimum absolute atomic E-state index is 0.0521. The van der Waals surface area contributed by atoms with Crippen LogP contribution in [0.1, 0.15) is 11.3 Å². The van der Waals surface area contributed by atoms with Crippen molar-refractivity contribution < 1.29 is 18.3 Å². The van der Waals surface area contributed by atoms with Crippen LogP contribution in [0, 0.1) is 5.82 Å². The van der Waals surface area contributed by atoms with E-state index in [-0.39, 0.29) is 17.2 Å². The van der Waals surface area contributed by atoms with E-state index in [0.29, 0.717) is 11.5 Å². The number of hydrogen-bond donors (Lipinski definition) is 0. The van der Waals surface area contributed by atoms with Gasteiger partial charge in [-0.1, -0.05) is 46.3 Å². The molecule has 0 fully saturated rings. The van der Waals surface area contributed by atoms with E-state index in [2.05, 4.69) is 20.9 Å². The van der Waals surface area contributed by atoms with Crippen molar-refractivity contribution in [2.24, 2.45) is 4.99 Å². The standard InChI is InChI=1S/C20H11BrFNO3/c21-15-7-3-1-5-13(15)18-10-9-12(25-18)11-17-20(24)26-19(23-17)14-6-2-4-8-16(14)22/h1-11H/b17-11-. The van der Waals surface area contributed by atoms with Crippen molar-refractivity contribution >= 4 is 33.9 Å². The fourth-order valence-corrected chi connectivity index (χ4v) is 3.01. The molecule has 0 saturated heterocycles. The highest BCUT2D eigenvalue weighted by molar-refractivity contribution is 9.10. The Hall–Kier alpha value is -2.99. The van der Waals surface area contributed by atoms with Crippen LogP contribution in [-0.4, -0.2) is 11.9 Å². The minimum Gasteiger partial charge on any atom is -0.457 e. The van der Waals surface area contributed by atoms with Gasteiger partial charge in [0.15, 0.2) is 5.70 Å². The van der Waals surface area contributed by atoms with Gasteiger partial charge < -0.3 is 9.15 Å². The molecule has 128 valence electrons. The van der Waals surface area contributed by atoms with Gasteiger partial charge in [0, 0.05) is 16.1 Å². The number of halogens is 2. The first-order valence-electron chi connectivity index (χ1n) is 7.74. The summed E-state index contributed by atoms with van der Waals surface area (Å²) in [6.07, 6.45) is 1.47. The van der Waals surface area contributed by atoms with Crippen LogP contribution >= 0.6 is 15.9 Å². The molecule has 0 saturated carbocycles. The number of benzene rings is 2. The fraction of sp³-hybridized carbons (Fsp3) is 0. The molecule has 1 aromatic heterocycles. The molecular weight excluding hydrogens is 401 g/mol. The zero-order chi connectivity index (χ0) is 18.1. The van der Waals surface area contributed by atoms with Gasteiger partial charge in [0.25, 0.3) is 0 Å². The largest absolute Gasteiger partial charge is 0.457 e. The van der Waals surface area contributed by atoms with E-state index in [1.54, 1.807) is 24.3 Å². The Morgan fingerprint density at radius 1 is 0.962 bits per heavy atom. The summed E-state index contributed by atoms with van der Waals surface area (Å²) >= 11 is 3.47. The van der Waals surface area contributed by atoms with E-state index >= 15 is 0 Å². The molecule has 26 heavy (non-hydrogen) atoms. The quantitative estimate of drug-likeness (QED) is 0.439. The van der Waals surface area contributed by atoms with Gasteiger partial charge >= 0.3 is 5.97 Å². The van der Waals surface area contributed by atoms with E-state index in [4.69, 9.17) is 9.15 Å². The van der Waals surface area contributed by atoms with Crippen molar-refractivity contribution in [3.63, 3.8) is 0 Å². The van der Waals surface area contributed by atoms with E-state index in [9.17, 15) is 9.18 Å². The van der Waals surface area contributed by atoms with Crippen LogP contribution in [0.4, 0.5) is 4.39 Å². The van der Waals surface area contributed by atoms with Crippen LogP contribution in [0.5, 0.6) is 0 Å². The molecule has 1 aliphatic heterocycles. The molecule has 4 rings (SSSR count). The Balaban J connectivity index is 1.66. The molecule has 0 atom stereocenters. The number of esters is 1. The smallest absolute Gasteiger partial charge is 0.363 e. The Bertz CT molecular complexity index is 1070. The molecule has 2 aromatic carbocycles. The summed E-state index contributed by atoms with van der Waals surface area (Å²) in [7, 11) is 0. The molecule has 1 aliphatic rings. The van der Waals surface area contributed by atoms with Gasteiger partial charge in [-0.2, -0.15) is 0 Å². The molecule has 2 heterocycles. The molecule has 0 N–H and O–H groups in total. The van der Waals surface area contributed by atoms with Crippen molar-refractivity contribution in [1.29, 1.82) is 0 Å². The van der Waals surface area contributed by atoms with E-state index < -0.39 is 11.8 Å². The van der Waals surface area contributed by atoms with Crippen molar-refractivity contribution in [2.45, 2.75) is 0 Å². The number of carbonyl (C=O) groups excluding carboxylic acids is 1. The Morgan fingerprint density at radius 2 is 1.69 bits per heavy atom. The first-order valence-corrected chi connectivity index (χ1v) is 8.53. The zero-order valence-electron chi connectivity index (χ0n) is 13.3. The molecule has 0 aliphatic carbocycles. The van der Waals surface area contributed by atoms with Crippen molar-refractivity contribution in [2.75, 3.05) is 0 Å². The summed E-state index contributed by atoms with van der Waals surface area (Å²) in [5, 5.41) is 0. The minimum atomic E-state index is -0.651. The average molecular weight is 412 g/mol. The van der Waals surface area contributed by atoms with E-state index in [1.807, 2.05) is 24.3 Å².